The van der Waals surface area contributed by atoms with Crippen molar-refractivity contribution >= 4 is 0 Å². The van der Waals surface area contributed by atoms with Crippen molar-refractivity contribution in [2.24, 2.45) is 0 Å². The van der Waals surface area contributed by atoms with E-state index in [9.17, 15) is 4.39 Å². The number of aromatic nitrogens is 2. The summed E-state index contributed by atoms with van der Waals surface area (Å²) in [6.45, 7) is 0.536. The van der Waals surface area contributed by atoms with Crippen LogP contribution in [-0.2, 0) is 11.2 Å². The van der Waals surface area contributed by atoms with Crippen molar-refractivity contribution in [1.82, 2.24) is 15.5 Å². The van der Waals surface area contributed by atoms with Crippen molar-refractivity contribution in [2.45, 2.75) is 12.5 Å². The van der Waals surface area contributed by atoms with Gasteiger partial charge >= 0.3 is 0 Å². The van der Waals surface area contributed by atoms with Gasteiger partial charge in [-0.2, -0.15) is 4.98 Å². The molecule has 2 aromatic rings. The molecule has 2 rings (SSSR count). The van der Waals surface area contributed by atoms with Crippen LogP contribution in [0.5, 0.6) is 0 Å². The predicted octanol–water partition coefficient (Wildman–Crippen LogP) is 1.65. The molecule has 1 unspecified atom stereocenters. The molecule has 102 valence electrons. The summed E-state index contributed by atoms with van der Waals surface area (Å²) < 4.78 is 23.8. The Morgan fingerprint density at radius 1 is 1.42 bits per heavy atom. The molecule has 0 saturated heterocycles. The number of likely N-dealkylation sites (N-methyl/N-ethyl adjacent to an activating group) is 1. The van der Waals surface area contributed by atoms with Crippen LogP contribution in [0.25, 0.3) is 11.4 Å². The van der Waals surface area contributed by atoms with E-state index in [2.05, 4.69) is 15.5 Å². The fourth-order valence-corrected chi connectivity index (χ4v) is 1.75. The van der Waals surface area contributed by atoms with Crippen molar-refractivity contribution in [2.75, 3.05) is 20.8 Å². The summed E-state index contributed by atoms with van der Waals surface area (Å²) in [5.41, 5.74) is 0.338. The molecule has 1 atom stereocenters. The first-order chi connectivity index (χ1) is 9.24. The van der Waals surface area contributed by atoms with Crippen LogP contribution in [0.1, 0.15) is 5.89 Å². The molecule has 6 heteroatoms. The van der Waals surface area contributed by atoms with Gasteiger partial charge in [0, 0.05) is 19.6 Å². The van der Waals surface area contributed by atoms with Gasteiger partial charge in [0.05, 0.1) is 12.2 Å². The second kappa shape index (κ2) is 6.40. The highest BCUT2D eigenvalue weighted by molar-refractivity contribution is 5.54. The van der Waals surface area contributed by atoms with E-state index < -0.39 is 0 Å². The first kappa shape index (κ1) is 13.6. The van der Waals surface area contributed by atoms with Gasteiger partial charge < -0.3 is 14.6 Å². The van der Waals surface area contributed by atoms with Crippen LogP contribution in [0.3, 0.4) is 0 Å². The molecule has 0 amide bonds. The number of nitrogens with zero attached hydrogens (tertiary/aromatic N) is 2. The third kappa shape index (κ3) is 3.36. The van der Waals surface area contributed by atoms with Gasteiger partial charge in [0.2, 0.25) is 11.7 Å². The topological polar surface area (TPSA) is 60.2 Å². The maximum Gasteiger partial charge on any atom is 0.228 e. The molecule has 0 aliphatic heterocycles. The lowest BCUT2D eigenvalue weighted by Gasteiger charge is -2.11. The molecular formula is C13H16FN3O2. The molecule has 0 fully saturated rings. The molecule has 0 radical (unpaired) electrons. The molecule has 1 aromatic heterocycles. The summed E-state index contributed by atoms with van der Waals surface area (Å²) >= 11 is 0. The van der Waals surface area contributed by atoms with Crippen LogP contribution < -0.4 is 5.32 Å². The average molecular weight is 265 g/mol. The largest absolute Gasteiger partial charge is 0.383 e. The van der Waals surface area contributed by atoms with E-state index in [0.29, 0.717) is 24.5 Å². The second-order valence-electron chi connectivity index (χ2n) is 4.14. The summed E-state index contributed by atoms with van der Waals surface area (Å²) in [5.74, 6) is 0.354. The smallest absolute Gasteiger partial charge is 0.228 e. The Hall–Kier alpha value is -1.79. The normalized spacial score (nSPS) is 12.6. The summed E-state index contributed by atoms with van der Waals surface area (Å²) in [6.07, 6.45) is 0.534. The highest BCUT2D eigenvalue weighted by Gasteiger charge is 2.15. The number of rotatable bonds is 6. The van der Waals surface area contributed by atoms with Gasteiger partial charge in [-0.15, -0.1) is 0 Å². The Morgan fingerprint density at radius 3 is 2.89 bits per heavy atom. The molecule has 19 heavy (non-hydrogen) atoms. The van der Waals surface area contributed by atoms with Gasteiger partial charge in [-0.25, -0.2) is 4.39 Å². The van der Waals surface area contributed by atoms with Crippen LogP contribution in [-0.4, -0.2) is 36.9 Å². The third-order valence-electron chi connectivity index (χ3n) is 2.78. The van der Waals surface area contributed by atoms with Crippen LogP contribution in [0, 0.1) is 5.82 Å². The van der Waals surface area contributed by atoms with E-state index in [0.717, 1.165) is 0 Å². The van der Waals surface area contributed by atoms with Crippen LogP contribution in [0.4, 0.5) is 4.39 Å². The number of ether oxygens (including phenoxy) is 1. The van der Waals surface area contributed by atoms with Crippen molar-refractivity contribution in [1.29, 1.82) is 0 Å². The third-order valence-corrected chi connectivity index (χ3v) is 2.78. The predicted molar refractivity (Wildman–Crippen MR) is 68.1 cm³/mol. The number of benzene rings is 1. The van der Waals surface area contributed by atoms with E-state index >= 15 is 0 Å². The lowest BCUT2D eigenvalue weighted by molar-refractivity contribution is 0.165. The van der Waals surface area contributed by atoms with E-state index in [1.165, 1.54) is 6.07 Å². The summed E-state index contributed by atoms with van der Waals surface area (Å²) in [4.78, 5) is 4.20. The van der Waals surface area contributed by atoms with Gasteiger partial charge in [-0.1, -0.05) is 17.3 Å². The summed E-state index contributed by atoms with van der Waals surface area (Å²) in [5, 5.41) is 6.89. The van der Waals surface area contributed by atoms with E-state index in [1.54, 1.807) is 25.3 Å². The molecule has 5 nitrogen and oxygen atoms in total. The van der Waals surface area contributed by atoms with Crippen LogP contribution >= 0.6 is 0 Å². The second-order valence-corrected chi connectivity index (χ2v) is 4.14. The highest BCUT2D eigenvalue weighted by atomic mass is 19.1. The van der Waals surface area contributed by atoms with Gasteiger partial charge in [-0.3, -0.25) is 0 Å². The van der Waals surface area contributed by atoms with Crippen molar-refractivity contribution in [3.8, 4) is 11.4 Å². The monoisotopic (exact) mass is 265 g/mol. The lowest BCUT2D eigenvalue weighted by atomic mass is 10.2. The Labute approximate surface area is 110 Å². The van der Waals surface area contributed by atoms with Gasteiger partial charge in [0.15, 0.2) is 0 Å². The maximum atomic E-state index is 13.6. The van der Waals surface area contributed by atoms with Gasteiger partial charge in [-0.05, 0) is 19.2 Å². The quantitative estimate of drug-likeness (QED) is 0.860. The van der Waals surface area contributed by atoms with E-state index in [-0.39, 0.29) is 17.7 Å². The number of hydrogen-bond donors (Lipinski definition) is 1. The Balaban J connectivity index is 2.13. The SMILES string of the molecule is CNC(COC)Cc1nc(-c2ccccc2F)no1. The van der Waals surface area contributed by atoms with Crippen LogP contribution in [0.2, 0.25) is 0 Å². The zero-order valence-corrected chi connectivity index (χ0v) is 10.9. The summed E-state index contributed by atoms with van der Waals surface area (Å²) in [7, 11) is 3.46. The Bertz CT molecular complexity index is 530. The first-order valence-electron chi connectivity index (χ1n) is 5.98. The molecule has 1 aromatic carbocycles. The molecule has 0 aliphatic rings. The molecule has 0 spiro atoms. The van der Waals surface area contributed by atoms with Crippen molar-refractivity contribution in [3.05, 3.63) is 36.0 Å². The molecule has 1 heterocycles. The zero-order chi connectivity index (χ0) is 13.7. The highest BCUT2D eigenvalue weighted by Crippen LogP contribution is 2.19. The lowest BCUT2D eigenvalue weighted by Crippen LogP contribution is -2.32. The minimum atomic E-state index is -0.364. The zero-order valence-electron chi connectivity index (χ0n) is 10.9. The molecule has 1 N–H and O–H groups in total. The van der Waals surface area contributed by atoms with E-state index in [4.69, 9.17) is 9.26 Å². The fourth-order valence-electron chi connectivity index (χ4n) is 1.75. The molecule has 0 bridgehead atoms. The molecule has 0 saturated carbocycles. The number of hydrogen-bond acceptors (Lipinski definition) is 5. The van der Waals surface area contributed by atoms with Crippen molar-refractivity contribution < 1.29 is 13.7 Å². The van der Waals surface area contributed by atoms with E-state index in [1.807, 2.05) is 7.05 Å². The van der Waals surface area contributed by atoms with Gasteiger partial charge in [0.1, 0.15) is 5.82 Å². The average Bonchev–Trinajstić information content (AvgIpc) is 2.87. The maximum absolute atomic E-state index is 13.6. The fraction of sp³-hybridized carbons (Fsp3) is 0.385. The van der Waals surface area contributed by atoms with Gasteiger partial charge in [0.25, 0.3) is 0 Å². The number of methoxy groups -OCH3 is 1. The summed E-state index contributed by atoms with van der Waals surface area (Å²) in [6, 6.07) is 6.42. The van der Waals surface area contributed by atoms with Crippen LogP contribution in [0.15, 0.2) is 28.8 Å². The molecular weight excluding hydrogens is 249 g/mol. The number of halogens is 1. The standard InChI is InChI=1S/C13H16FN3O2/c1-15-9(8-18-2)7-12-16-13(17-19-12)10-5-3-4-6-11(10)14/h3-6,9,15H,7-8H2,1-2H3. The Morgan fingerprint density at radius 2 is 2.21 bits per heavy atom. The first-order valence-corrected chi connectivity index (χ1v) is 5.98. The minimum Gasteiger partial charge on any atom is -0.383 e. The number of nitrogens with one attached hydrogen (secondary N) is 1. The minimum absolute atomic E-state index is 0.0823. The molecule has 0 aliphatic carbocycles. The Kier molecular flexibility index (Phi) is 4.59. The van der Waals surface area contributed by atoms with Crippen molar-refractivity contribution in [3.63, 3.8) is 0 Å².